The van der Waals surface area contributed by atoms with Crippen LogP contribution in [0.2, 0.25) is 0 Å². The lowest BCUT2D eigenvalue weighted by molar-refractivity contribution is -0.385. The van der Waals surface area contributed by atoms with Crippen LogP contribution in [0.25, 0.3) is 0 Å². The van der Waals surface area contributed by atoms with Crippen LogP contribution in [0, 0.1) is 17.0 Å². The monoisotopic (exact) mass is 380 g/mol. The summed E-state index contributed by atoms with van der Waals surface area (Å²) in [5.41, 5.74) is 0.741. The van der Waals surface area contributed by atoms with Gasteiger partial charge in [-0.2, -0.15) is 0 Å². The van der Waals surface area contributed by atoms with E-state index in [1.807, 2.05) is 6.07 Å². The van der Waals surface area contributed by atoms with E-state index in [0.29, 0.717) is 17.9 Å². The van der Waals surface area contributed by atoms with Gasteiger partial charge in [-0.15, -0.1) is 0 Å². The molecule has 2 rings (SSSR count). The van der Waals surface area contributed by atoms with Crippen molar-refractivity contribution in [1.29, 1.82) is 0 Å². The third-order valence-electron chi connectivity index (χ3n) is 3.90. The molecule has 140 valence electrons. The zero-order valence-corrected chi connectivity index (χ0v) is 15.5. The van der Waals surface area contributed by atoms with E-state index in [2.05, 4.69) is 4.72 Å². The highest BCUT2D eigenvalue weighted by Crippen LogP contribution is 2.28. The van der Waals surface area contributed by atoms with Gasteiger partial charge in [-0.25, -0.2) is 13.1 Å². The van der Waals surface area contributed by atoms with E-state index in [4.69, 9.17) is 9.47 Å². The lowest BCUT2D eigenvalue weighted by Gasteiger charge is -2.11. The Kier molecular flexibility index (Phi) is 6.17. The molecule has 0 aliphatic heterocycles. The SMILES string of the molecule is COc1ccc(CCNS(=O)(=O)c2cccc([N+](=O)[O-])c2C)cc1OC. The number of nitrogens with zero attached hydrogens (tertiary/aromatic N) is 1. The van der Waals surface area contributed by atoms with E-state index in [-0.39, 0.29) is 22.7 Å². The van der Waals surface area contributed by atoms with Crippen LogP contribution in [0.15, 0.2) is 41.3 Å². The molecule has 2 aromatic carbocycles. The van der Waals surface area contributed by atoms with Crippen LogP contribution < -0.4 is 14.2 Å². The summed E-state index contributed by atoms with van der Waals surface area (Å²) in [5, 5.41) is 11.0. The van der Waals surface area contributed by atoms with Crippen molar-refractivity contribution in [3.63, 3.8) is 0 Å². The molecule has 0 spiro atoms. The molecule has 0 aliphatic carbocycles. The van der Waals surface area contributed by atoms with Gasteiger partial charge in [-0.05, 0) is 37.1 Å². The molecular formula is C17H20N2O6S. The van der Waals surface area contributed by atoms with Gasteiger partial charge in [0, 0.05) is 18.2 Å². The Morgan fingerprint density at radius 1 is 1.12 bits per heavy atom. The van der Waals surface area contributed by atoms with Crippen molar-refractivity contribution in [1.82, 2.24) is 4.72 Å². The van der Waals surface area contributed by atoms with Crippen LogP contribution in [-0.2, 0) is 16.4 Å². The van der Waals surface area contributed by atoms with Gasteiger partial charge < -0.3 is 9.47 Å². The Morgan fingerprint density at radius 3 is 2.42 bits per heavy atom. The fraction of sp³-hybridized carbons (Fsp3) is 0.294. The highest BCUT2D eigenvalue weighted by Gasteiger charge is 2.22. The Balaban J connectivity index is 2.12. The van der Waals surface area contributed by atoms with Crippen LogP contribution in [-0.4, -0.2) is 34.1 Å². The minimum Gasteiger partial charge on any atom is -0.493 e. The van der Waals surface area contributed by atoms with Crippen molar-refractivity contribution < 1.29 is 22.8 Å². The Hall–Kier alpha value is -2.65. The lowest BCUT2D eigenvalue weighted by Crippen LogP contribution is -2.26. The van der Waals surface area contributed by atoms with Crippen molar-refractivity contribution >= 4 is 15.7 Å². The van der Waals surface area contributed by atoms with Crippen LogP contribution in [0.5, 0.6) is 11.5 Å². The van der Waals surface area contributed by atoms with Crippen molar-refractivity contribution in [2.45, 2.75) is 18.2 Å². The van der Waals surface area contributed by atoms with Crippen molar-refractivity contribution in [2.24, 2.45) is 0 Å². The van der Waals surface area contributed by atoms with E-state index in [0.717, 1.165) is 5.56 Å². The topological polar surface area (TPSA) is 108 Å². The van der Waals surface area contributed by atoms with Gasteiger partial charge in [-0.1, -0.05) is 12.1 Å². The van der Waals surface area contributed by atoms with Gasteiger partial charge in [0.15, 0.2) is 11.5 Å². The quantitative estimate of drug-likeness (QED) is 0.557. The molecule has 0 aliphatic rings. The predicted octanol–water partition coefficient (Wildman–Crippen LogP) is 2.44. The third-order valence-corrected chi connectivity index (χ3v) is 5.50. The second kappa shape index (κ2) is 8.15. The molecule has 0 heterocycles. The summed E-state index contributed by atoms with van der Waals surface area (Å²) in [5.74, 6) is 1.14. The molecule has 2 aromatic rings. The highest BCUT2D eigenvalue weighted by molar-refractivity contribution is 7.89. The van der Waals surface area contributed by atoms with Gasteiger partial charge in [0.25, 0.3) is 5.69 Å². The van der Waals surface area contributed by atoms with Crippen molar-refractivity contribution in [2.75, 3.05) is 20.8 Å². The number of ether oxygens (including phenoxy) is 2. The minimum absolute atomic E-state index is 0.0981. The largest absolute Gasteiger partial charge is 0.493 e. The molecule has 0 saturated carbocycles. The lowest BCUT2D eigenvalue weighted by atomic mass is 10.1. The summed E-state index contributed by atoms with van der Waals surface area (Å²) >= 11 is 0. The number of nitrogens with one attached hydrogen (secondary N) is 1. The molecule has 26 heavy (non-hydrogen) atoms. The molecule has 1 N–H and O–H groups in total. The number of nitro benzene ring substituents is 1. The van der Waals surface area contributed by atoms with E-state index in [1.165, 1.54) is 39.3 Å². The van der Waals surface area contributed by atoms with Gasteiger partial charge >= 0.3 is 0 Å². The molecular weight excluding hydrogens is 360 g/mol. The van der Waals surface area contributed by atoms with Gasteiger partial charge in [0.1, 0.15) is 0 Å². The number of hydrogen-bond donors (Lipinski definition) is 1. The van der Waals surface area contributed by atoms with Crippen molar-refractivity contribution in [3.05, 3.63) is 57.6 Å². The molecule has 0 fully saturated rings. The fourth-order valence-corrected chi connectivity index (χ4v) is 3.83. The second-order valence-electron chi connectivity index (χ2n) is 5.49. The van der Waals surface area contributed by atoms with Crippen molar-refractivity contribution in [3.8, 4) is 11.5 Å². The number of rotatable bonds is 8. The predicted molar refractivity (Wildman–Crippen MR) is 96.3 cm³/mol. The summed E-state index contributed by atoms with van der Waals surface area (Å²) < 4.78 is 37.8. The molecule has 0 atom stereocenters. The number of methoxy groups -OCH3 is 2. The maximum Gasteiger partial charge on any atom is 0.273 e. The standard InChI is InChI=1S/C17H20N2O6S/c1-12-14(19(20)21)5-4-6-17(12)26(22,23)18-10-9-13-7-8-15(24-2)16(11-13)25-3/h4-8,11,18H,9-10H2,1-3H3. The van der Waals surface area contributed by atoms with E-state index < -0.39 is 14.9 Å². The zero-order chi connectivity index (χ0) is 19.3. The molecule has 0 bridgehead atoms. The Bertz CT molecular complexity index is 911. The normalized spacial score (nSPS) is 11.2. The van der Waals surface area contributed by atoms with Gasteiger partial charge in [-0.3, -0.25) is 10.1 Å². The molecule has 9 heteroatoms. The molecule has 0 unspecified atom stereocenters. The molecule has 0 radical (unpaired) electrons. The van der Waals surface area contributed by atoms with E-state index >= 15 is 0 Å². The average Bonchev–Trinajstić information content (AvgIpc) is 2.61. The molecule has 0 amide bonds. The van der Waals surface area contributed by atoms with Crippen LogP contribution in [0.1, 0.15) is 11.1 Å². The van der Waals surface area contributed by atoms with E-state index in [1.54, 1.807) is 12.1 Å². The average molecular weight is 380 g/mol. The van der Waals surface area contributed by atoms with E-state index in [9.17, 15) is 18.5 Å². The van der Waals surface area contributed by atoms with Crippen LogP contribution in [0.3, 0.4) is 0 Å². The van der Waals surface area contributed by atoms with Crippen LogP contribution >= 0.6 is 0 Å². The first-order chi connectivity index (χ1) is 12.3. The summed E-state index contributed by atoms with van der Waals surface area (Å²) in [6, 6.07) is 9.31. The summed E-state index contributed by atoms with van der Waals surface area (Å²) in [6.07, 6.45) is 0.424. The number of sulfonamides is 1. The first-order valence-corrected chi connectivity index (χ1v) is 9.23. The highest BCUT2D eigenvalue weighted by atomic mass is 32.2. The first kappa shape index (κ1) is 19.7. The fourth-order valence-electron chi connectivity index (χ4n) is 2.54. The third kappa shape index (κ3) is 4.30. The second-order valence-corrected chi connectivity index (χ2v) is 7.23. The maximum absolute atomic E-state index is 12.5. The van der Waals surface area contributed by atoms with Gasteiger partial charge in [0.2, 0.25) is 10.0 Å². The number of benzene rings is 2. The first-order valence-electron chi connectivity index (χ1n) is 7.74. The number of hydrogen-bond acceptors (Lipinski definition) is 6. The Morgan fingerprint density at radius 2 is 1.81 bits per heavy atom. The summed E-state index contributed by atoms with van der Waals surface area (Å²) in [4.78, 5) is 10.3. The molecule has 8 nitrogen and oxygen atoms in total. The number of nitro groups is 1. The Labute approximate surface area is 152 Å². The smallest absolute Gasteiger partial charge is 0.273 e. The van der Waals surface area contributed by atoms with Gasteiger partial charge in [0.05, 0.1) is 24.0 Å². The molecule has 0 aromatic heterocycles. The van der Waals surface area contributed by atoms with Crippen LogP contribution in [0.4, 0.5) is 5.69 Å². The summed E-state index contributed by atoms with van der Waals surface area (Å²) in [6.45, 7) is 1.56. The molecule has 0 saturated heterocycles. The maximum atomic E-state index is 12.5. The summed E-state index contributed by atoms with van der Waals surface area (Å²) in [7, 11) is -0.798. The minimum atomic E-state index is -3.86. The zero-order valence-electron chi connectivity index (χ0n) is 14.7.